The standard InChI is InChI=1S/C20H18N2O2S/c21-11-14-18(17-7-4-8-25-17)19-15(23)9-13(10-16(19)24-20(14)22)12-5-2-1-3-6-12/h1-8,13-14,18,20H,9-10,22H2. The topological polar surface area (TPSA) is 76.1 Å². The highest BCUT2D eigenvalue weighted by Crippen LogP contribution is 2.48. The lowest BCUT2D eigenvalue weighted by Crippen LogP contribution is -2.43. The number of allylic oxidation sites excluding steroid dienone is 2. The van der Waals surface area contributed by atoms with Crippen molar-refractivity contribution < 1.29 is 9.53 Å². The molecule has 0 saturated heterocycles. The van der Waals surface area contributed by atoms with Crippen molar-refractivity contribution in [3.63, 3.8) is 0 Å². The summed E-state index contributed by atoms with van der Waals surface area (Å²) in [4.78, 5) is 14.0. The third kappa shape index (κ3) is 2.78. The maximum absolute atomic E-state index is 13.0. The van der Waals surface area contributed by atoms with Crippen molar-refractivity contribution in [2.45, 2.75) is 30.9 Å². The van der Waals surface area contributed by atoms with Gasteiger partial charge < -0.3 is 4.74 Å². The number of carbonyl (C=O) groups excluding carboxylic acids is 1. The van der Waals surface area contributed by atoms with Crippen LogP contribution in [-0.4, -0.2) is 12.0 Å². The Hall–Kier alpha value is -2.42. The molecule has 0 saturated carbocycles. The lowest BCUT2D eigenvalue weighted by molar-refractivity contribution is -0.118. The number of rotatable bonds is 2. The van der Waals surface area contributed by atoms with Gasteiger partial charge in [0.25, 0.3) is 0 Å². The van der Waals surface area contributed by atoms with E-state index in [9.17, 15) is 10.1 Å². The van der Waals surface area contributed by atoms with E-state index in [0.717, 1.165) is 10.4 Å². The second-order valence-corrected chi connectivity index (χ2v) is 7.49. The zero-order valence-corrected chi connectivity index (χ0v) is 14.4. The van der Waals surface area contributed by atoms with Crippen LogP contribution in [0, 0.1) is 17.2 Å². The number of hydrogen-bond acceptors (Lipinski definition) is 5. The molecule has 4 unspecified atom stereocenters. The Labute approximate surface area is 150 Å². The molecule has 4 atom stereocenters. The van der Waals surface area contributed by atoms with Gasteiger partial charge in [0, 0.05) is 29.2 Å². The Morgan fingerprint density at radius 2 is 1.96 bits per heavy atom. The summed E-state index contributed by atoms with van der Waals surface area (Å²) in [6.45, 7) is 0. The molecule has 2 heterocycles. The molecule has 1 aromatic heterocycles. The Morgan fingerprint density at radius 1 is 1.16 bits per heavy atom. The van der Waals surface area contributed by atoms with Crippen molar-refractivity contribution >= 4 is 17.1 Å². The molecule has 1 aliphatic carbocycles. The molecule has 1 aromatic carbocycles. The number of thiophene rings is 1. The van der Waals surface area contributed by atoms with Crippen LogP contribution in [0.2, 0.25) is 0 Å². The molecule has 25 heavy (non-hydrogen) atoms. The van der Waals surface area contributed by atoms with Crippen molar-refractivity contribution in [3.8, 4) is 6.07 Å². The molecule has 0 amide bonds. The molecule has 4 rings (SSSR count). The zero-order valence-electron chi connectivity index (χ0n) is 13.6. The molecule has 0 fully saturated rings. The number of benzene rings is 1. The second-order valence-electron chi connectivity index (χ2n) is 6.51. The Kier molecular flexibility index (Phi) is 4.16. The van der Waals surface area contributed by atoms with Crippen molar-refractivity contribution in [3.05, 3.63) is 69.6 Å². The molecule has 0 spiro atoms. The fraction of sp³-hybridized carbons (Fsp3) is 0.300. The normalized spacial score (nSPS) is 28.9. The average molecular weight is 350 g/mol. The average Bonchev–Trinajstić information content (AvgIpc) is 3.15. The number of hydrogen-bond donors (Lipinski definition) is 1. The van der Waals surface area contributed by atoms with Crippen LogP contribution in [-0.2, 0) is 9.53 Å². The predicted molar refractivity (Wildman–Crippen MR) is 95.7 cm³/mol. The minimum atomic E-state index is -0.710. The van der Waals surface area contributed by atoms with E-state index in [1.165, 1.54) is 0 Å². The van der Waals surface area contributed by atoms with Gasteiger partial charge in [0.05, 0.1) is 6.07 Å². The van der Waals surface area contributed by atoms with E-state index < -0.39 is 12.1 Å². The summed E-state index contributed by atoms with van der Waals surface area (Å²) in [5.74, 6) is 0.00743. The molecule has 2 N–H and O–H groups in total. The van der Waals surface area contributed by atoms with Gasteiger partial charge in [0.15, 0.2) is 12.0 Å². The van der Waals surface area contributed by atoms with Crippen LogP contribution in [0.15, 0.2) is 59.2 Å². The monoisotopic (exact) mass is 350 g/mol. The van der Waals surface area contributed by atoms with Gasteiger partial charge in [0.1, 0.15) is 11.7 Å². The summed E-state index contributed by atoms with van der Waals surface area (Å²) in [5, 5.41) is 11.6. The Balaban J connectivity index is 1.76. The van der Waals surface area contributed by atoms with E-state index in [1.54, 1.807) is 11.3 Å². The number of nitrogens with two attached hydrogens (primary N) is 1. The van der Waals surface area contributed by atoms with E-state index in [4.69, 9.17) is 10.5 Å². The molecule has 0 bridgehead atoms. The number of nitrogens with zero attached hydrogens (tertiary/aromatic N) is 1. The zero-order chi connectivity index (χ0) is 17.4. The summed E-state index contributed by atoms with van der Waals surface area (Å²) in [7, 11) is 0. The van der Waals surface area contributed by atoms with Crippen LogP contribution in [0.3, 0.4) is 0 Å². The fourth-order valence-electron chi connectivity index (χ4n) is 3.86. The van der Waals surface area contributed by atoms with E-state index in [-0.39, 0.29) is 17.6 Å². The largest absolute Gasteiger partial charge is 0.478 e. The number of Topliss-reactive ketones (excluding diaryl/α,β-unsaturated/α-hetero) is 1. The molecular weight excluding hydrogens is 332 g/mol. The van der Waals surface area contributed by atoms with Crippen molar-refractivity contribution in [2.24, 2.45) is 11.7 Å². The maximum Gasteiger partial charge on any atom is 0.164 e. The SMILES string of the molecule is N#CC1C(N)OC2=C(C(=O)CC(c3ccccc3)C2)C1c1cccs1. The number of carbonyl (C=O) groups is 1. The van der Waals surface area contributed by atoms with E-state index >= 15 is 0 Å². The maximum atomic E-state index is 13.0. The number of ketones is 1. The van der Waals surface area contributed by atoms with Crippen molar-refractivity contribution in [2.75, 3.05) is 0 Å². The summed E-state index contributed by atoms with van der Waals surface area (Å²) >= 11 is 1.56. The van der Waals surface area contributed by atoms with Crippen LogP contribution < -0.4 is 5.73 Å². The van der Waals surface area contributed by atoms with E-state index in [1.807, 2.05) is 47.8 Å². The van der Waals surface area contributed by atoms with Crippen LogP contribution in [0.4, 0.5) is 0 Å². The molecule has 5 heteroatoms. The first-order valence-electron chi connectivity index (χ1n) is 8.35. The summed E-state index contributed by atoms with van der Waals surface area (Å²) in [6.07, 6.45) is 0.387. The molecule has 126 valence electrons. The molecule has 1 aliphatic heterocycles. The van der Waals surface area contributed by atoms with Gasteiger partial charge in [-0.25, -0.2) is 0 Å². The highest BCUT2D eigenvalue weighted by atomic mass is 32.1. The smallest absolute Gasteiger partial charge is 0.164 e. The summed E-state index contributed by atoms with van der Waals surface area (Å²) in [5.41, 5.74) is 7.93. The summed E-state index contributed by atoms with van der Waals surface area (Å²) in [6, 6.07) is 16.2. The quantitative estimate of drug-likeness (QED) is 0.896. The van der Waals surface area contributed by atoms with Crippen molar-refractivity contribution in [1.29, 1.82) is 5.26 Å². The lowest BCUT2D eigenvalue weighted by atomic mass is 9.73. The molecule has 4 nitrogen and oxygen atoms in total. The number of nitriles is 1. The predicted octanol–water partition coefficient (Wildman–Crippen LogP) is 3.69. The van der Waals surface area contributed by atoms with Crippen LogP contribution in [0.25, 0.3) is 0 Å². The first-order chi connectivity index (χ1) is 12.2. The van der Waals surface area contributed by atoms with Crippen LogP contribution >= 0.6 is 11.3 Å². The van der Waals surface area contributed by atoms with Crippen LogP contribution in [0.5, 0.6) is 0 Å². The second kappa shape index (κ2) is 6.47. The molecular formula is C20H18N2O2S. The van der Waals surface area contributed by atoms with Crippen LogP contribution in [0.1, 0.15) is 35.1 Å². The highest BCUT2D eigenvalue weighted by molar-refractivity contribution is 7.10. The minimum Gasteiger partial charge on any atom is -0.478 e. The third-order valence-electron chi connectivity index (χ3n) is 5.04. The van der Waals surface area contributed by atoms with E-state index in [0.29, 0.717) is 24.2 Å². The fourth-order valence-corrected chi connectivity index (χ4v) is 4.74. The van der Waals surface area contributed by atoms with Gasteiger partial charge in [-0.1, -0.05) is 36.4 Å². The van der Waals surface area contributed by atoms with Gasteiger partial charge in [-0.2, -0.15) is 5.26 Å². The highest BCUT2D eigenvalue weighted by Gasteiger charge is 2.45. The lowest BCUT2D eigenvalue weighted by Gasteiger charge is -2.39. The Morgan fingerprint density at radius 3 is 2.64 bits per heavy atom. The Bertz CT molecular complexity index is 852. The van der Waals surface area contributed by atoms with Crippen molar-refractivity contribution in [1.82, 2.24) is 0 Å². The van der Waals surface area contributed by atoms with Gasteiger partial charge in [0.2, 0.25) is 0 Å². The molecule has 2 aromatic rings. The van der Waals surface area contributed by atoms with Gasteiger partial charge >= 0.3 is 0 Å². The van der Waals surface area contributed by atoms with E-state index in [2.05, 4.69) is 6.07 Å². The molecule has 0 radical (unpaired) electrons. The van der Waals surface area contributed by atoms with Gasteiger partial charge in [-0.05, 0) is 22.9 Å². The van der Waals surface area contributed by atoms with Gasteiger partial charge in [-0.3, -0.25) is 10.5 Å². The third-order valence-corrected chi connectivity index (χ3v) is 5.99. The number of ether oxygens (including phenoxy) is 1. The first-order valence-corrected chi connectivity index (χ1v) is 9.23. The summed E-state index contributed by atoms with van der Waals surface area (Å²) < 4.78 is 5.86. The molecule has 2 aliphatic rings. The van der Waals surface area contributed by atoms with Gasteiger partial charge in [-0.15, -0.1) is 11.3 Å². The minimum absolute atomic E-state index is 0.0700. The first kappa shape index (κ1) is 16.1.